The van der Waals surface area contributed by atoms with Crippen LogP contribution in [0.5, 0.6) is 0 Å². The van der Waals surface area contributed by atoms with Gasteiger partial charge in [-0.05, 0) is 63.9 Å². The lowest BCUT2D eigenvalue weighted by atomic mass is 9.96. The lowest BCUT2D eigenvalue weighted by molar-refractivity contribution is 0.0657. The summed E-state index contributed by atoms with van der Waals surface area (Å²) in [4.78, 5) is 14.4. The second-order valence-corrected chi connectivity index (χ2v) is 5.75. The number of nitrogens with one attached hydrogen (secondary N) is 1. The number of rotatable bonds is 4. The lowest BCUT2D eigenvalue weighted by Crippen LogP contribution is -2.43. The van der Waals surface area contributed by atoms with Gasteiger partial charge in [-0.25, -0.2) is 4.39 Å². The van der Waals surface area contributed by atoms with Crippen LogP contribution in [0.1, 0.15) is 37.0 Å². The van der Waals surface area contributed by atoms with Crippen LogP contribution in [-0.4, -0.2) is 36.5 Å². The number of hydrogen-bond acceptors (Lipinski definition) is 2. The predicted molar refractivity (Wildman–Crippen MR) is 78.2 cm³/mol. The molecule has 0 saturated carbocycles. The molecule has 0 spiro atoms. The summed E-state index contributed by atoms with van der Waals surface area (Å²) in [6, 6.07) is 6.08. The predicted octanol–water partition coefficient (Wildman–Crippen LogP) is 2.68. The Morgan fingerprint density at radius 2 is 2.10 bits per heavy atom. The van der Waals surface area contributed by atoms with E-state index in [1.807, 2.05) is 18.7 Å². The van der Waals surface area contributed by atoms with Gasteiger partial charge in [-0.3, -0.25) is 4.79 Å². The molecule has 1 fully saturated rings. The minimum Gasteiger partial charge on any atom is -0.336 e. The molecule has 110 valence electrons. The Kier molecular flexibility index (Phi) is 5.12. The zero-order valence-corrected chi connectivity index (χ0v) is 12.2. The Morgan fingerprint density at radius 3 is 2.70 bits per heavy atom. The van der Waals surface area contributed by atoms with Gasteiger partial charge < -0.3 is 10.2 Å². The summed E-state index contributed by atoms with van der Waals surface area (Å²) in [5.41, 5.74) is 0.438. The Morgan fingerprint density at radius 1 is 1.40 bits per heavy atom. The van der Waals surface area contributed by atoms with Crippen molar-refractivity contribution in [2.45, 2.75) is 32.7 Å². The minimum atomic E-state index is -0.360. The van der Waals surface area contributed by atoms with Crippen molar-refractivity contribution in [3.05, 3.63) is 35.6 Å². The quantitative estimate of drug-likeness (QED) is 0.918. The van der Waals surface area contributed by atoms with Gasteiger partial charge in [-0.1, -0.05) is 6.07 Å². The summed E-state index contributed by atoms with van der Waals surface area (Å²) in [5.74, 6) is 0.107. The zero-order valence-electron chi connectivity index (χ0n) is 12.2. The molecule has 1 amide bonds. The average molecular weight is 278 g/mol. The summed E-state index contributed by atoms with van der Waals surface area (Å²) < 4.78 is 13.3. The lowest BCUT2D eigenvalue weighted by Gasteiger charge is -2.33. The minimum absolute atomic E-state index is 0.0713. The van der Waals surface area contributed by atoms with E-state index < -0.39 is 0 Å². The molecule has 0 aromatic heterocycles. The highest BCUT2D eigenvalue weighted by Gasteiger charge is 2.23. The number of carbonyl (C=O) groups is 1. The fraction of sp³-hybridized carbons (Fsp3) is 0.562. The molecule has 3 nitrogen and oxygen atoms in total. The second-order valence-electron chi connectivity index (χ2n) is 5.75. The van der Waals surface area contributed by atoms with Crippen LogP contribution in [0.25, 0.3) is 0 Å². The molecule has 1 heterocycles. The van der Waals surface area contributed by atoms with Gasteiger partial charge in [-0.15, -0.1) is 0 Å². The standard InChI is InChI=1S/C16H23FN2O/c1-12(2)19(11-13-6-8-18-9-7-13)16(20)14-4-3-5-15(17)10-14/h3-5,10,12-13,18H,6-9,11H2,1-2H3. The number of piperidine rings is 1. The molecule has 0 radical (unpaired) electrons. The zero-order chi connectivity index (χ0) is 14.5. The number of nitrogens with zero attached hydrogens (tertiary/aromatic N) is 1. The summed E-state index contributed by atoms with van der Waals surface area (Å²) in [6.45, 7) is 6.82. The van der Waals surface area contributed by atoms with Crippen molar-refractivity contribution in [3.63, 3.8) is 0 Å². The molecule has 1 N–H and O–H groups in total. The molecule has 2 rings (SSSR count). The molecular formula is C16H23FN2O. The average Bonchev–Trinajstić information content (AvgIpc) is 2.45. The number of hydrogen-bond donors (Lipinski definition) is 1. The fourth-order valence-corrected chi connectivity index (χ4v) is 2.66. The third-order valence-electron chi connectivity index (χ3n) is 3.87. The molecular weight excluding hydrogens is 255 g/mol. The van der Waals surface area contributed by atoms with E-state index in [2.05, 4.69) is 5.32 Å². The van der Waals surface area contributed by atoms with Crippen LogP contribution in [0, 0.1) is 11.7 Å². The van der Waals surface area contributed by atoms with Crippen LogP contribution in [-0.2, 0) is 0 Å². The van der Waals surface area contributed by atoms with Crippen molar-refractivity contribution in [2.75, 3.05) is 19.6 Å². The Bertz CT molecular complexity index is 456. The largest absolute Gasteiger partial charge is 0.336 e. The normalized spacial score (nSPS) is 16.4. The highest BCUT2D eigenvalue weighted by molar-refractivity contribution is 5.94. The van der Waals surface area contributed by atoms with Crippen LogP contribution < -0.4 is 5.32 Å². The third kappa shape index (κ3) is 3.79. The van der Waals surface area contributed by atoms with Crippen molar-refractivity contribution in [1.82, 2.24) is 10.2 Å². The summed E-state index contributed by atoms with van der Waals surface area (Å²) >= 11 is 0. The van der Waals surface area contributed by atoms with Crippen LogP contribution >= 0.6 is 0 Å². The summed E-state index contributed by atoms with van der Waals surface area (Å²) in [6.07, 6.45) is 2.19. The first-order chi connectivity index (χ1) is 9.58. The third-order valence-corrected chi connectivity index (χ3v) is 3.87. The van der Waals surface area contributed by atoms with Crippen LogP contribution in [0.2, 0.25) is 0 Å². The molecule has 1 aliphatic rings. The van der Waals surface area contributed by atoms with E-state index in [0.717, 1.165) is 32.5 Å². The highest BCUT2D eigenvalue weighted by atomic mass is 19.1. The van der Waals surface area contributed by atoms with E-state index in [-0.39, 0.29) is 17.8 Å². The van der Waals surface area contributed by atoms with Gasteiger partial charge in [0, 0.05) is 18.2 Å². The number of halogens is 1. The van der Waals surface area contributed by atoms with Crippen molar-refractivity contribution in [2.24, 2.45) is 5.92 Å². The second kappa shape index (κ2) is 6.84. The first-order valence-corrected chi connectivity index (χ1v) is 7.35. The SMILES string of the molecule is CC(C)N(CC1CCNCC1)C(=O)c1cccc(F)c1. The smallest absolute Gasteiger partial charge is 0.254 e. The van der Waals surface area contributed by atoms with E-state index in [4.69, 9.17) is 0 Å². The first-order valence-electron chi connectivity index (χ1n) is 7.35. The van der Waals surface area contributed by atoms with Gasteiger partial charge >= 0.3 is 0 Å². The molecule has 0 atom stereocenters. The van der Waals surface area contributed by atoms with E-state index in [1.54, 1.807) is 12.1 Å². The molecule has 1 aromatic carbocycles. The maximum atomic E-state index is 13.3. The van der Waals surface area contributed by atoms with Gasteiger partial charge in [0.1, 0.15) is 5.82 Å². The van der Waals surface area contributed by atoms with E-state index in [1.165, 1.54) is 12.1 Å². The molecule has 1 aromatic rings. The van der Waals surface area contributed by atoms with Gasteiger partial charge in [-0.2, -0.15) is 0 Å². The number of carbonyl (C=O) groups excluding carboxylic acids is 1. The number of benzene rings is 1. The van der Waals surface area contributed by atoms with E-state index >= 15 is 0 Å². The Balaban J connectivity index is 2.09. The molecule has 0 bridgehead atoms. The molecule has 4 heteroatoms. The summed E-state index contributed by atoms with van der Waals surface area (Å²) in [5, 5.41) is 3.33. The van der Waals surface area contributed by atoms with Crippen molar-refractivity contribution in [3.8, 4) is 0 Å². The van der Waals surface area contributed by atoms with Crippen LogP contribution in [0.3, 0.4) is 0 Å². The maximum absolute atomic E-state index is 13.3. The van der Waals surface area contributed by atoms with Crippen LogP contribution in [0.4, 0.5) is 4.39 Å². The topological polar surface area (TPSA) is 32.3 Å². The molecule has 1 saturated heterocycles. The molecule has 20 heavy (non-hydrogen) atoms. The van der Waals surface area contributed by atoms with Gasteiger partial charge in [0.2, 0.25) is 0 Å². The monoisotopic (exact) mass is 278 g/mol. The van der Waals surface area contributed by atoms with Crippen LogP contribution in [0.15, 0.2) is 24.3 Å². The Hall–Kier alpha value is -1.42. The fourth-order valence-electron chi connectivity index (χ4n) is 2.66. The molecule has 0 aliphatic carbocycles. The highest BCUT2D eigenvalue weighted by Crippen LogP contribution is 2.18. The van der Waals surface area contributed by atoms with Crippen molar-refractivity contribution in [1.29, 1.82) is 0 Å². The van der Waals surface area contributed by atoms with E-state index in [9.17, 15) is 9.18 Å². The van der Waals surface area contributed by atoms with Gasteiger partial charge in [0.15, 0.2) is 0 Å². The first kappa shape index (κ1) is 15.0. The van der Waals surface area contributed by atoms with Crippen molar-refractivity contribution >= 4 is 5.91 Å². The van der Waals surface area contributed by atoms with Gasteiger partial charge in [0.05, 0.1) is 0 Å². The summed E-state index contributed by atoms with van der Waals surface area (Å²) in [7, 11) is 0. The van der Waals surface area contributed by atoms with Crippen molar-refractivity contribution < 1.29 is 9.18 Å². The number of amides is 1. The molecule has 1 aliphatic heterocycles. The molecule has 0 unspecified atom stereocenters. The Labute approximate surface area is 120 Å². The van der Waals surface area contributed by atoms with E-state index in [0.29, 0.717) is 11.5 Å². The maximum Gasteiger partial charge on any atom is 0.254 e. The van der Waals surface area contributed by atoms with Gasteiger partial charge in [0.25, 0.3) is 5.91 Å².